The van der Waals surface area contributed by atoms with E-state index in [0.29, 0.717) is 30.6 Å². The molecule has 2 aliphatic rings. The van der Waals surface area contributed by atoms with Gasteiger partial charge in [-0.1, -0.05) is 12.1 Å². The highest BCUT2D eigenvalue weighted by Crippen LogP contribution is 2.29. The van der Waals surface area contributed by atoms with Crippen LogP contribution in [0.3, 0.4) is 0 Å². The van der Waals surface area contributed by atoms with E-state index in [1.165, 1.54) is 16.2 Å². The third-order valence-electron chi connectivity index (χ3n) is 4.36. The topological polar surface area (TPSA) is 85.2 Å². The van der Waals surface area contributed by atoms with E-state index in [4.69, 9.17) is 4.74 Å². The number of aromatic nitrogens is 4. The van der Waals surface area contributed by atoms with Gasteiger partial charge in [-0.2, -0.15) is 0 Å². The van der Waals surface area contributed by atoms with Crippen LogP contribution < -0.4 is 5.32 Å². The molecule has 2 aromatic rings. The summed E-state index contributed by atoms with van der Waals surface area (Å²) in [5.41, 5.74) is 1.49. The number of amides is 1. The Hall–Kier alpha value is -1.84. The normalized spacial score (nSPS) is 19.6. The van der Waals surface area contributed by atoms with Crippen molar-refractivity contribution in [3.8, 4) is 0 Å². The molecule has 0 aromatic carbocycles. The second-order valence-corrected chi connectivity index (χ2v) is 8.02. The maximum Gasteiger partial charge on any atom is 0.279 e. The summed E-state index contributed by atoms with van der Waals surface area (Å²) >= 11 is 1.54. The predicted molar refractivity (Wildman–Crippen MR) is 89.1 cm³/mol. The monoisotopic (exact) mass is 348 g/mol. The fourth-order valence-corrected chi connectivity index (χ4v) is 4.03. The van der Waals surface area contributed by atoms with Gasteiger partial charge in [0.15, 0.2) is 10.8 Å². The summed E-state index contributed by atoms with van der Waals surface area (Å²) in [5, 5.41) is 11.5. The van der Waals surface area contributed by atoms with E-state index in [2.05, 4.69) is 39.5 Å². The van der Waals surface area contributed by atoms with Gasteiger partial charge in [0.1, 0.15) is 0 Å². The number of likely N-dealkylation sites (N-methyl/N-ethyl adjacent to an activating group) is 1. The van der Waals surface area contributed by atoms with Gasteiger partial charge in [-0.3, -0.25) is 14.8 Å². The summed E-state index contributed by atoms with van der Waals surface area (Å²) in [4.78, 5) is 20.4. The van der Waals surface area contributed by atoms with E-state index in [0.717, 1.165) is 25.2 Å². The minimum atomic E-state index is -0.268. The van der Waals surface area contributed by atoms with Crippen molar-refractivity contribution < 1.29 is 9.53 Å². The third kappa shape index (κ3) is 3.06. The van der Waals surface area contributed by atoms with E-state index in [-0.39, 0.29) is 11.3 Å². The summed E-state index contributed by atoms with van der Waals surface area (Å²) in [7, 11) is 2.09. The summed E-state index contributed by atoms with van der Waals surface area (Å²) in [5.74, 6) is -0.268. The molecule has 2 aliphatic heterocycles. The van der Waals surface area contributed by atoms with Crippen molar-refractivity contribution in [1.82, 2.24) is 24.9 Å². The molecule has 4 rings (SSSR count). The van der Waals surface area contributed by atoms with E-state index in [1.54, 1.807) is 10.9 Å². The highest BCUT2D eigenvalue weighted by molar-refractivity contribution is 7.15. The van der Waals surface area contributed by atoms with Crippen LogP contribution in [-0.4, -0.2) is 57.6 Å². The van der Waals surface area contributed by atoms with Gasteiger partial charge in [-0.15, -0.1) is 16.4 Å². The second kappa shape index (κ2) is 5.91. The summed E-state index contributed by atoms with van der Waals surface area (Å²) < 4.78 is 6.95. The van der Waals surface area contributed by atoms with Crippen LogP contribution in [0.5, 0.6) is 0 Å². The smallest absolute Gasteiger partial charge is 0.279 e. The Bertz CT molecular complexity index is 766. The number of anilines is 1. The minimum Gasteiger partial charge on any atom is -0.380 e. The molecule has 2 aromatic heterocycles. The molecule has 0 spiro atoms. The lowest BCUT2D eigenvalue weighted by Gasteiger charge is -2.37. The van der Waals surface area contributed by atoms with Gasteiger partial charge in [0.2, 0.25) is 0 Å². The van der Waals surface area contributed by atoms with Crippen LogP contribution >= 0.6 is 11.3 Å². The molecule has 0 radical (unpaired) electrons. The van der Waals surface area contributed by atoms with Gasteiger partial charge >= 0.3 is 0 Å². The van der Waals surface area contributed by atoms with Crippen LogP contribution in [0.15, 0.2) is 6.20 Å². The lowest BCUT2D eigenvalue weighted by molar-refractivity contribution is -0.111. The van der Waals surface area contributed by atoms with Crippen molar-refractivity contribution in [3.63, 3.8) is 0 Å². The fourth-order valence-electron chi connectivity index (χ4n) is 2.95. The number of fused-ring (bicyclic) bond motifs is 1. The molecule has 0 atom stereocenters. The number of carbonyl (C=O) groups is 1. The molecule has 1 N–H and O–H groups in total. The Morgan fingerprint density at radius 3 is 3.08 bits per heavy atom. The van der Waals surface area contributed by atoms with Gasteiger partial charge in [0, 0.05) is 29.8 Å². The maximum atomic E-state index is 12.4. The second-order valence-electron chi connectivity index (χ2n) is 6.94. The van der Waals surface area contributed by atoms with Gasteiger partial charge in [-0.05, 0) is 7.05 Å². The van der Waals surface area contributed by atoms with Crippen molar-refractivity contribution in [3.05, 3.63) is 22.5 Å². The Kier molecular flexibility index (Phi) is 3.86. The molecule has 0 saturated carbocycles. The first-order valence-corrected chi connectivity index (χ1v) is 8.79. The van der Waals surface area contributed by atoms with Crippen LogP contribution in [0.25, 0.3) is 0 Å². The number of ether oxygens (including phenoxy) is 1. The number of nitrogens with one attached hydrogen (secondary N) is 1. The highest BCUT2D eigenvalue weighted by Gasteiger charge is 2.34. The number of hydrogen-bond donors (Lipinski definition) is 1. The number of nitrogens with zero attached hydrogens (tertiary/aromatic N) is 5. The molecule has 1 saturated heterocycles. The predicted octanol–water partition coefficient (Wildman–Crippen LogP) is 1.01. The average molecular weight is 348 g/mol. The molecule has 0 unspecified atom stereocenters. The molecule has 4 heterocycles. The van der Waals surface area contributed by atoms with Gasteiger partial charge < -0.3 is 9.64 Å². The van der Waals surface area contributed by atoms with Crippen LogP contribution in [0.1, 0.15) is 28.0 Å². The highest BCUT2D eigenvalue weighted by atomic mass is 32.1. The van der Waals surface area contributed by atoms with Crippen molar-refractivity contribution in [2.75, 3.05) is 32.1 Å². The Morgan fingerprint density at radius 1 is 1.50 bits per heavy atom. The average Bonchev–Trinajstić information content (AvgIpc) is 3.11. The van der Waals surface area contributed by atoms with Crippen LogP contribution in [0.4, 0.5) is 5.13 Å². The lowest BCUT2D eigenvalue weighted by Crippen LogP contribution is -2.43. The Balaban J connectivity index is 1.42. The third-order valence-corrected chi connectivity index (χ3v) is 5.36. The van der Waals surface area contributed by atoms with Crippen LogP contribution in [-0.2, 0) is 24.2 Å². The van der Waals surface area contributed by atoms with E-state index < -0.39 is 0 Å². The zero-order valence-corrected chi connectivity index (χ0v) is 14.6. The minimum absolute atomic E-state index is 0.0852. The van der Waals surface area contributed by atoms with Gasteiger partial charge in [0.05, 0.1) is 31.6 Å². The van der Waals surface area contributed by atoms with E-state index in [1.807, 2.05) is 0 Å². The molecule has 0 aliphatic carbocycles. The summed E-state index contributed by atoms with van der Waals surface area (Å²) in [6.07, 6.45) is 2.61. The number of rotatable bonds is 4. The Labute approximate surface area is 143 Å². The number of hydrogen-bond acceptors (Lipinski definition) is 7. The molecule has 8 nitrogen and oxygen atoms in total. The number of carbonyl (C=O) groups excluding carboxylic acids is 1. The van der Waals surface area contributed by atoms with Crippen LogP contribution in [0.2, 0.25) is 0 Å². The fraction of sp³-hybridized carbons (Fsp3) is 0.600. The molecule has 0 bridgehead atoms. The van der Waals surface area contributed by atoms with Crippen molar-refractivity contribution in [1.29, 1.82) is 0 Å². The largest absolute Gasteiger partial charge is 0.380 e. The van der Waals surface area contributed by atoms with Crippen molar-refractivity contribution >= 4 is 22.4 Å². The lowest BCUT2D eigenvalue weighted by atomic mass is 9.89. The van der Waals surface area contributed by atoms with Crippen molar-refractivity contribution in [2.24, 2.45) is 5.41 Å². The molecule has 1 amide bonds. The maximum absolute atomic E-state index is 12.4. The zero-order valence-electron chi connectivity index (χ0n) is 13.8. The quantitative estimate of drug-likeness (QED) is 0.888. The molecule has 128 valence electrons. The van der Waals surface area contributed by atoms with Crippen molar-refractivity contribution in [2.45, 2.75) is 26.4 Å². The first kappa shape index (κ1) is 15.7. The molecule has 1 fully saturated rings. The molecular weight excluding hydrogens is 328 g/mol. The standard InChI is InChI=1S/C15H20N6O2S/c1-15(8-23-9-15)7-21-5-11(18-19-21)13(22)17-14-16-10-3-4-20(2)6-12(10)24-14/h5H,3-4,6-9H2,1-2H3,(H,16,17,22). The van der Waals surface area contributed by atoms with Crippen LogP contribution in [0, 0.1) is 5.41 Å². The molecule has 9 heteroatoms. The first-order valence-electron chi connectivity index (χ1n) is 7.97. The Morgan fingerprint density at radius 2 is 2.33 bits per heavy atom. The zero-order chi connectivity index (χ0) is 16.7. The summed E-state index contributed by atoms with van der Waals surface area (Å²) in [6, 6.07) is 0. The van der Waals surface area contributed by atoms with Gasteiger partial charge in [0.25, 0.3) is 5.91 Å². The van der Waals surface area contributed by atoms with E-state index >= 15 is 0 Å². The summed E-state index contributed by atoms with van der Waals surface area (Å²) in [6.45, 7) is 6.15. The SMILES string of the molecule is CN1CCc2nc(NC(=O)c3cn(CC4(C)COC4)nn3)sc2C1. The van der Waals surface area contributed by atoms with E-state index in [9.17, 15) is 4.79 Å². The molecule has 24 heavy (non-hydrogen) atoms. The molecular formula is C15H20N6O2S. The van der Waals surface area contributed by atoms with Gasteiger partial charge in [-0.25, -0.2) is 4.98 Å². The first-order chi connectivity index (χ1) is 11.5. The number of thiazole rings is 1.